The van der Waals surface area contributed by atoms with Crippen molar-refractivity contribution in [3.05, 3.63) is 23.8 Å². The molecule has 0 radical (unpaired) electrons. The van der Waals surface area contributed by atoms with E-state index in [2.05, 4.69) is 19.1 Å². The number of rotatable bonds is 1. The van der Waals surface area contributed by atoms with Crippen LogP contribution in [0.15, 0.2) is 18.2 Å². The molecule has 1 fully saturated rings. The number of benzene rings is 1. The maximum atomic E-state index is 6.70. The van der Waals surface area contributed by atoms with Gasteiger partial charge in [-0.15, -0.1) is 0 Å². The Morgan fingerprint density at radius 2 is 1.89 bits per heavy atom. The van der Waals surface area contributed by atoms with Crippen LogP contribution < -0.4 is 15.2 Å². The van der Waals surface area contributed by atoms with Gasteiger partial charge in [0.25, 0.3) is 0 Å². The van der Waals surface area contributed by atoms with Crippen molar-refractivity contribution in [3.8, 4) is 11.5 Å². The molecule has 1 heterocycles. The normalized spacial score (nSPS) is 30.7. The lowest BCUT2D eigenvalue weighted by atomic mass is 9.70. The van der Waals surface area contributed by atoms with Gasteiger partial charge in [0.2, 0.25) is 0 Å². The van der Waals surface area contributed by atoms with Crippen LogP contribution in [0, 0.1) is 5.92 Å². The Morgan fingerprint density at radius 3 is 2.68 bits per heavy atom. The van der Waals surface area contributed by atoms with E-state index in [4.69, 9.17) is 15.2 Å². The molecule has 1 saturated carbocycles. The molecular formula is C16H23NO2. The lowest BCUT2D eigenvalue weighted by Crippen LogP contribution is -2.45. The van der Waals surface area contributed by atoms with Crippen molar-refractivity contribution in [1.29, 1.82) is 0 Å². The summed E-state index contributed by atoms with van der Waals surface area (Å²) < 4.78 is 11.5. The molecule has 0 amide bonds. The number of hydrogen-bond donors (Lipinski definition) is 1. The molecule has 2 N–H and O–H groups in total. The molecule has 2 atom stereocenters. The summed E-state index contributed by atoms with van der Waals surface area (Å²) in [5.74, 6) is 2.23. The molecule has 1 aliphatic heterocycles. The first-order valence-electron chi connectivity index (χ1n) is 7.39. The van der Waals surface area contributed by atoms with Crippen molar-refractivity contribution in [2.24, 2.45) is 11.7 Å². The second-order valence-corrected chi connectivity index (χ2v) is 5.90. The maximum Gasteiger partial charge on any atom is 0.161 e. The molecule has 0 spiro atoms. The van der Waals surface area contributed by atoms with Gasteiger partial charge in [-0.1, -0.05) is 25.8 Å². The number of ether oxygens (including phenoxy) is 2. The number of hydrogen-bond acceptors (Lipinski definition) is 3. The fraction of sp³-hybridized carbons (Fsp3) is 0.625. The van der Waals surface area contributed by atoms with E-state index in [0.29, 0.717) is 5.92 Å². The molecule has 1 aromatic carbocycles. The van der Waals surface area contributed by atoms with E-state index < -0.39 is 0 Å². The second kappa shape index (κ2) is 5.04. The first kappa shape index (κ1) is 12.8. The van der Waals surface area contributed by atoms with Crippen LogP contribution in [-0.4, -0.2) is 13.2 Å². The van der Waals surface area contributed by atoms with E-state index in [0.717, 1.165) is 37.6 Å². The van der Waals surface area contributed by atoms with E-state index in [1.54, 1.807) is 0 Å². The predicted molar refractivity (Wildman–Crippen MR) is 75.5 cm³/mol. The summed E-state index contributed by atoms with van der Waals surface area (Å²) in [7, 11) is 0. The largest absolute Gasteiger partial charge is 0.490 e. The van der Waals surface area contributed by atoms with E-state index in [1.165, 1.54) is 24.8 Å². The minimum Gasteiger partial charge on any atom is -0.490 e. The fourth-order valence-corrected chi connectivity index (χ4v) is 3.25. The summed E-state index contributed by atoms with van der Waals surface area (Å²) in [4.78, 5) is 0. The van der Waals surface area contributed by atoms with E-state index in [9.17, 15) is 0 Å². The van der Waals surface area contributed by atoms with Crippen LogP contribution in [0.25, 0.3) is 0 Å². The van der Waals surface area contributed by atoms with Crippen molar-refractivity contribution in [2.45, 2.75) is 44.6 Å². The number of fused-ring (bicyclic) bond motifs is 1. The van der Waals surface area contributed by atoms with Crippen molar-refractivity contribution < 1.29 is 9.47 Å². The van der Waals surface area contributed by atoms with Crippen LogP contribution in [0.5, 0.6) is 11.5 Å². The molecule has 3 nitrogen and oxygen atoms in total. The Bertz CT molecular complexity index is 460. The standard InChI is InChI=1S/C16H23NO2/c1-12-5-2-3-8-16(12,17)13-6-7-14-15(11-13)19-10-4-9-18-14/h6-7,11-12H,2-5,8-10,17H2,1H3. The third-order valence-electron chi connectivity index (χ3n) is 4.64. The smallest absolute Gasteiger partial charge is 0.161 e. The zero-order chi connectivity index (χ0) is 13.3. The van der Waals surface area contributed by atoms with Gasteiger partial charge in [0, 0.05) is 12.0 Å². The van der Waals surface area contributed by atoms with Crippen molar-refractivity contribution >= 4 is 0 Å². The van der Waals surface area contributed by atoms with Gasteiger partial charge in [-0.05, 0) is 36.5 Å². The van der Waals surface area contributed by atoms with Gasteiger partial charge in [-0.25, -0.2) is 0 Å². The van der Waals surface area contributed by atoms with E-state index >= 15 is 0 Å². The van der Waals surface area contributed by atoms with Crippen molar-refractivity contribution in [2.75, 3.05) is 13.2 Å². The second-order valence-electron chi connectivity index (χ2n) is 5.90. The number of nitrogens with two attached hydrogens (primary N) is 1. The first-order chi connectivity index (χ1) is 9.20. The van der Waals surface area contributed by atoms with Gasteiger partial charge in [0.05, 0.1) is 13.2 Å². The molecule has 104 valence electrons. The lowest BCUT2D eigenvalue weighted by Gasteiger charge is -2.40. The van der Waals surface area contributed by atoms with Crippen molar-refractivity contribution in [3.63, 3.8) is 0 Å². The summed E-state index contributed by atoms with van der Waals surface area (Å²) in [6.45, 7) is 3.72. The van der Waals surface area contributed by atoms with Crippen LogP contribution in [0.2, 0.25) is 0 Å². The van der Waals surface area contributed by atoms with Crippen LogP contribution in [0.1, 0.15) is 44.6 Å². The topological polar surface area (TPSA) is 44.5 Å². The monoisotopic (exact) mass is 261 g/mol. The van der Waals surface area contributed by atoms with Gasteiger partial charge >= 0.3 is 0 Å². The highest BCUT2D eigenvalue weighted by atomic mass is 16.5. The molecule has 19 heavy (non-hydrogen) atoms. The van der Waals surface area contributed by atoms with Crippen LogP contribution in [0.4, 0.5) is 0 Å². The summed E-state index contributed by atoms with van der Waals surface area (Å²) in [5.41, 5.74) is 7.69. The van der Waals surface area contributed by atoms with Gasteiger partial charge in [-0.3, -0.25) is 0 Å². The average Bonchev–Trinajstić information content (AvgIpc) is 2.66. The fourth-order valence-electron chi connectivity index (χ4n) is 3.25. The lowest BCUT2D eigenvalue weighted by molar-refractivity contribution is 0.206. The summed E-state index contributed by atoms with van der Waals surface area (Å²) in [5, 5.41) is 0. The zero-order valence-corrected chi connectivity index (χ0v) is 11.7. The van der Waals surface area contributed by atoms with Crippen molar-refractivity contribution in [1.82, 2.24) is 0 Å². The molecular weight excluding hydrogens is 238 g/mol. The maximum absolute atomic E-state index is 6.70. The molecule has 2 unspecified atom stereocenters. The average molecular weight is 261 g/mol. The van der Waals surface area contributed by atoms with Gasteiger partial charge in [0.15, 0.2) is 11.5 Å². The Morgan fingerprint density at radius 1 is 1.11 bits per heavy atom. The SMILES string of the molecule is CC1CCCCC1(N)c1ccc2c(c1)OCCCO2. The summed E-state index contributed by atoms with van der Waals surface area (Å²) in [6, 6.07) is 6.24. The minimum atomic E-state index is -0.205. The highest BCUT2D eigenvalue weighted by Crippen LogP contribution is 2.42. The highest BCUT2D eigenvalue weighted by Gasteiger charge is 2.36. The Labute approximate surface area is 115 Å². The molecule has 0 aromatic heterocycles. The molecule has 1 aliphatic carbocycles. The van der Waals surface area contributed by atoms with E-state index in [1.807, 2.05) is 6.07 Å². The minimum absolute atomic E-state index is 0.205. The van der Waals surface area contributed by atoms with Crippen LogP contribution in [-0.2, 0) is 5.54 Å². The molecule has 1 aromatic rings. The zero-order valence-electron chi connectivity index (χ0n) is 11.7. The molecule has 3 heteroatoms. The Kier molecular flexibility index (Phi) is 3.40. The van der Waals surface area contributed by atoms with E-state index in [-0.39, 0.29) is 5.54 Å². The molecule has 0 bridgehead atoms. The third-order valence-corrected chi connectivity index (χ3v) is 4.64. The van der Waals surface area contributed by atoms with Crippen LogP contribution in [0.3, 0.4) is 0 Å². The summed E-state index contributed by atoms with van der Waals surface area (Å²) >= 11 is 0. The highest BCUT2D eigenvalue weighted by molar-refractivity contribution is 5.45. The summed E-state index contributed by atoms with van der Waals surface area (Å²) in [6.07, 6.45) is 5.73. The van der Waals surface area contributed by atoms with Gasteiger partial charge < -0.3 is 15.2 Å². The first-order valence-corrected chi connectivity index (χ1v) is 7.39. The molecule has 2 aliphatic rings. The predicted octanol–water partition coefficient (Wildman–Crippen LogP) is 3.21. The molecule has 3 rings (SSSR count). The molecule has 0 saturated heterocycles. The van der Waals surface area contributed by atoms with Gasteiger partial charge in [-0.2, -0.15) is 0 Å². The quantitative estimate of drug-likeness (QED) is 0.844. The van der Waals surface area contributed by atoms with Crippen LogP contribution >= 0.6 is 0 Å². The third kappa shape index (κ3) is 2.32. The Balaban J connectivity index is 1.94. The Hall–Kier alpha value is -1.22. The van der Waals surface area contributed by atoms with Gasteiger partial charge in [0.1, 0.15) is 0 Å².